The van der Waals surface area contributed by atoms with E-state index in [4.69, 9.17) is 0 Å². The molecule has 4 nitrogen and oxygen atoms in total. The Morgan fingerprint density at radius 1 is 1.37 bits per heavy atom. The molecule has 2 aromatic heterocycles. The number of carboxylic acid groups (broad SMARTS) is 1. The van der Waals surface area contributed by atoms with Crippen LogP contribution in [-0.4, -0.2) is 21.7 Å². The first-order chi connectivity index (χ1) is 8.90. The van der Waals surface area contributed by atoms with Crippen LogP contribution in [0.3, 0.4) is 0 Å². The number of hydrogen-bond donors (Lipinski definition) is 0. The molecule has 6 heteroatoms. The maximum atomic E-state index is 10.6. The Balaban J connectivity index is 2.59. The lowest BCUT2D eigenvalue weighted by atomic mass is 10.2. The molecule has 0 amide bonds. The van der Waals surface area contributed by atoms with E-state index in [1.807, 2.05) is 27.7 Å². The molecule has 2 rings (SSSR count). The number of aromatic nitrogens is 2. The van der Waals surface area contributed by atoms with Crippen LogP contribution in [0.25, 0.3) is 10.2 Å². The SMILES string of the molecule is Cc1sc2nc(C(C)C)nc(SCC(=O)[O-])c2c1C. The molecule has 19 heavy (non-hydrogen) atoms. The van der Waals surface area contributed by atoms with Gasteiger partial charge in [-0.05, 0) is 19.4 Å². The van der Waals surface area contributed by atoms with Crippen molar-refractivity contribution in [3.05, 3.63) is 16.3 Å². The average molecular weight is 295 g/mol. The van der Waals surface area contributed by atoms with Crippen LogP contribution < -0.4 is 5.11 Å². The predicted molar refractivity (Wildman–Crippen MR) is 76.7 cm³/mol. The molecule has 0 radical (unpaired) electrons. The molecule has 0 aliphatic heterocycles. The number of nitrogens with zero attached hydrogens (tertiary/aromatic N) is 2. The van der Waals surface area contributed by atoms with Crippen molar-refractivity contribution in [1.82, 2.24) is 9.97 Å². The van der Waals surface area contributed by atoms with Gasteiger partial charge in [0.05, 0.1) is 5.97 Å². The quantitative estimate of drug-likeness (QED) is 0.639. The van der Waals surface area contributed by atoms with E-state index in [0.717, 1.165) is 26.6 Å². The van der Waals surface area contributed by atoms with Crippen LogP contribution in [0, 0.1) is 13.8 Å². The minimum absolute atomic E-state index is 0.0853. The normalized spacial score (nSPS) is 11.4. The van der Waals surface area contributed by atoms with Crippen LogP contribution in [0.2, 0.25) is 0 Å². The maximum Gasteiger partial charge on any atom is 0.133 e. The smallest absolute Gasteiger partial charge is 0.133 e. The van der Waals surface area contributed by atoms with E-state index in [1.165, 1.54) is 16.6 Å². The Kier molecular flexibility index (Phi) is 4.10. The minimum Gasteiger partial charge on any atom is -0.549 e. The van der Waals surface area contributed by atoms with Gasteiger partial charge in [0, 0.05) is 21.9 Å². The second-order valence-corrected chi connectivity index (χ2v) is 6.83. The fourth-order valence-corrected chi connectivity index (χ4v) is 3.63. The van der Waals surface area contributed by atoms with Gasteiger partial charge in [0.25, 0.3) is 0 Å². The number of thioether (sulfide) groups is 1. The van der Waals surface area contributed by atoms with Crippen molar-refractivity contribution in [2.75, 3.05) is 5.75 Å². The number of carbonyl (C=O) groups is 1. The van der Waals surface area contributed by atoms with Crippen LogP contribution >= 0.6 is 23.1 Å². The number of aryl methyl sites for hydroxylation is 2. The Morgan fingerprint density at radius 2 is 2.05 bits per heavy atom. The monoisotopic (exact) mass is 295 g/mol. The van der Waals surface area contributed by atoms with Crippen molar-refractivity contribution in [2.45, 2.75) is 38.6 Å². The van der Waals surface area contributed by atoms with E-state index in [1.54, 1.807) is 11.3 Å². The molecule has 0 atom stereocenters. The summed E-state index contributed by atoms with van der Waals surface area (Å²) in [7, 11) is 0. The molecule has 0 unspecified atom stereocenters. The lowest BCUT2D eigenvalue weighted by Gasteiger charge is -2.09. The number of thiophene rings is 1. The Hall–Kier alpha value is -1.14. The Bertz CT molecular complexity index is 635. The van der Waals surface area contributed by atoms with E-state index in [9.17, 15) is 9.90 Å². The highest BCUT2D eigenvalue weighted by Crippen LogP contribution is 2.35. The molecule has 0 aliphatic rings. The highest BCUT2D eigenvalue weighted by atomic mass is 32.2. The van der Waals surface area contributed by atoms with E-state index >= 15 is 0 Å². The highest BCUT2D eigenvalue weighted by molar-refractivity contribution is 8.00. The summed E-state index contributed by atoms with van der Waals surface area (Å²) in [6, 6.07) is 0. The van der Waals surface area contributed by atoms with Gasteiger partial charge in [-0.2, -0.15) is 0 Å². The summed E-state index contributed by atoms with van der Waals surface area (Å²) >= 11 is 2.84. The van der Waals surface area contributed by atoms with Gasteiger partial charge in [0.2, 0.25) is 0 Å². The summed E-state index contributed by atoms with van der Waals surface area (Å²) in [4.78, 5) is 21.9. The number of rotatable bonds is 4. The van der Waals surface area contributed by atoms with Gasteiger partial charge >= 0.3 is 0 Å². The zero-order valence-electron chi connectivity index (χ0n) is 11.3. The summed E-state index contributed by atoms with van der Waals surface area (Å²) in [5, 5.41) is 12.4. The topological polar surface area (TPSA) is 65.9 Å². The summed E-state index contributed by atoms with van der Waals surface area (Å²) < 4.78 is 0. The van der Waals surface area contributed by atoms with E-state index < -0.39 is 5.97 Å². The molecule has 2 heterocycles. The molecule has 102 valence electrons. The van der Waals surface area contributed by atoms with Gasteiger partial charge in [0.1, 0.15) is 15.7 Å². The molecular weight excluding hydrogens is 280 g/mol. The second-order valence-electron chi connectivity index (χ2n) is 4.67. The third-order valence-corrected chi connectivity index (χ3v) is 4.91. The fraction of sp³-hybridized carbons (Fsp3) is 0.462. The lowest BCUT2D eigenvalue weighted by molar-refractivity contribution is -0.301. The largest absolute Gasteiger partial charge is 0.549 e. The molecule has 0 aliphatic carbocycles. The summed E-state index contributed by atoms with van der Waals surface area (Å²) in [6.07, 6.45) is 0. The van der Waals surface area contributed by atoms with Gasteiger partial charge in [-0.1, -0.05) is 25.6 Å². The molecule has 0 fully saturated rings. The summed E-state index contributed by atoms with van der Waals surface area (Å²) in [5.41, 5.74) is 1.14. The molecular formula is C13H15N2O2S2-. The maximum absolute atomic E-state index is 10.6. The zero-order chi connectivity index (χ0) is 14.2. The van der Waals surface area contributed by atoms with Crippen molar-refractivity contribution in [3.8, 4) is 0 Å². The van der Waals surface area contributed by atoms with Gasteiger partial charge in [-0.25, -0.2) is 9.97 Å². The Morgan fingerprint density at radius 3 is 2.63 bits per heavy atom. The first-order valence-corrected chi connectivity index (χ1v) is 7.80. The van der Waals surface area contributed by atoms with Crippen LogP contribution in [0.1, 0.15) is 36.0 Å². The van der Waals surface area contributed by atoms with Crippen molar-refractivity contribution < 1.29 is 9.90 Å². The predicted octanol–water partition coefficient (Wildman–Crippen LogP) is 2.27. The number of carboxylic acids is 1. The van der Waals surface area contributed by atoms with Gasteiger partial charge < -0.3 is 9.90 Å². The van der Waals surface area contributed by atoms with Crippen LogP contribution in [0.5, 0.6) is 0 Å². The van der Waals surface area contributed by atoms with Crippen molar-refractivity contribution >= 4 is 39.3 Å². The zero-order valence-corrected chi connectivity index (χ0v) is 12.9. The van der Waals surface area contributed by atoms with Crippen molar-refractivity contribution in [3.63, 3.8) is 0 Å². The van der Waals surface area contributed by atoms with E-state index in [2.05, 4.69) is 9.97 Å². The average Bonchev–Trinajstić information content (AvgIpc) is 2.62. The molecule has 0 saturated heterocycles. The lowest BCUT2D eigenvalue weighted by Crippen LogP contribution is -2.24. The van der Waals surface area contributed by atoms with Crippen LogP contribution in [0.15, 0.2) is 5.03 Å². The van der Waals surface area contributed by atoms with E-state index in [0.29, 0.717) is 0 Å². The third-order valence-electron chi connectivity index (χ3n) is 2.86. The van der Waals surface area contributed by atoms with E-state index in [-0.39, 0.29) is 11.7 Å². The number of fused-ring (bicyclic) bond motifs is 1. The third kappa shape index (κ3) is 2.90. The van der Waals surface area contributed by atoms with Gasteiger partial charge in [-0.3, -0.25) is 0 Å². The Labute approximate surface area is 120 Å². The molecule has 0 saturated carbocycles. The standard InChI is InChI=1S/C13H16N2O2S2/c1-6(2)11-14-12(18-5-9(16)17)10-7(3)8(4)19-13(10)15-11/h6H,5H2,1-4H3,(H,16,17)/p-1. The molecule has 0 bridgehead atoms. The minimum atomic E-state index is -1.08. The molecule has 2 aromatic rings. The number of aliphatic carboxylic acids is 1. The summed E-state index contributed by atoms with van der Waals surface area (Å²) in [6.45, 7) is 8.13. The van der Waals surface area contributed by atoms with Gasteiger partial charge in [-0.15, -0.1) is 11.3 Å². The highest BCUT2D eigenvalue weighted by Gasteiger charge is 2.16. The fourth-order valence-electron chi connectivity index (χ4n) is 1.72. The number of hydrogen-bond acceptors (Lipinski definition) is 6. The molecule has 0 N–H and O–H groups in total. The molecule has 0 aromatic carbocycles. The van der Waals surface area contributed by atoms with Crippen LogP contribution in [-0.2, 0) is 4.79 Å². The van der Waals surface area contributed by atoms with Crippen molar-refractivity contribution in [2.24, 2.45) is 0 Å². The summed E-state index contributed by atoms with van der Waals surface area (Å²) in [5.74, 6) is -0.186. The van der Waals surface area contributed by atoms with Crippen molar-refractivity contribution in [1.29, 1.82) is 0 Å². The first kappa shape index (κ1) is 14.3. The molecule has 0 spiro atoms. The number of carbonyl (C=O) groups excluding carboxylic acids is 1. The second kappa shape index (κ2) is 5.46. The van der Waals surface area contributed by atoms with Gasteiger partial charge in [0.15, 0.2) is 0 Å². The van der Waals surface area contributed by atoms with Crippen LogP contribution in [0.4, 0.5) is 0 Å². The first-order valence-electron chi connectivity index (χ1n) is 6.00.